The van der Waals surface area contributed by atoms with Gasteiger partial charge in [0.1, 0.15) is 11.5 Å². The average molecular weight is 314 g/mol. The number of fused-ring (bicyclic) bond motifs is 1. The molecule has 1 fully saturated rings. The molecule has 3 atom stereocenters. The fourth-order valence-electron chi connectivity index (χ4n) is 3.72. The van der Waals surface area contributed by atoms with Gasteiger partial charge in [0.25, 0.3) is 0 Å². The number of carbonyl (C=O) groups excluding carboxylic acids is 1. The van der Waals surface area contributed by atoms with Gasteiger partial charge in [-0.3, -0.25) is 14.7 Å². The molecule has 0 amide bonds. The van der Waals surface area contributed by atoms with Crippen LogP contribution in [0.5, 0.6) is 5.75 Å². The van der Waals surface area contributed by atoms with Gasteiger partial charge in [0, 0.05) is 36.7 Å². The lowest BCUT2D eigenvalue weighted by atomic mass is 9.90. The Kier molecular flexibility index (Phi) is 4.53. The summed E-state index contributed by atoms with van der Waals surface area (Å²) >= 11 is 0. The lowest BCUT2D eigenvalue weighted by molar-refractivity contribution is -0.127. The molecule has 0 radical (unpaired) electrons. The summed E-state index contributed by atoms with van der Waals surface area (Å²) in [5.74, 6) is 1.43. The summed E-state index contributed by atoms with van der Waals surface area (Å²) in [6, 6.07) is 6.68. The molecule has 0 bridgehead atoms. The summed E-state index contributed by atoms with van der Waals surface area (Å²) < 4.78 is 5.36. The van der Waals surface area contributed by atoms with Crippen LogP contribution in [0.3, 0.4) is 0 Å². The van der Waals surface area contributed by atoms with E-state index in [1.807, 2.05) is 12.1 Å². The number of ketones is 1. The van der Waals surface area contributed by atoms with E-state index in [2.05, 4.69) is 31.7 Å². The molecule has 1 aromatic rings. The fourth-order valence-corrected chi connectivity index (χ4v) is 3.72. The van der Waals surface area contributed by atoms with Crippen LogP contribution in [0, 0.1) is 5.92 Å². The maximum absolute atomic E-state index is 11.8. The molecule has 124 valence electrons. The van der Waals surface area contributed by atoms with E-state index in [9.17, 15) is 4.79 Å². The highest BCUT2D eigenvalue weighted by Gasteiger charge is 2.30. The highest BCUT2D eigenvalue weighted by molar-refractivity contribution is 5.82. The molecule has 2 aliphatic heterocycles. The van der Waals surface area contributed by atoms with Crippen molar-refractivity contribution in [2.75, 3.05) is 20.2 Å². The Morgan fingerprint density at radius 1 is 1.30 bits per heavy atom. The molecular formula is C19H26N2O2. The third kappa shape index (κ3) is 3.05. The van der Waals surface area contributed by atoms with E-state index in [0.29, 0.717) is 18.2 Å². The maximum Gasteiger partial charge on any atom is 0.138 e. The zero-order valence-corrected chi connectivity index (χ0v) is 14.5. The molecule has 0 aliphatic carbocycles. The van der Waals surface area contributed by atoms with Crippen molar-refractivity contribution in [3.05, 3.63) is 28.8 Å². The van der Waals surface area contributed by atoms with Crippen LogP contribution in [0.15, 0.2) is 23.2 Å². The van der Waals surface area contributed by atoms with Crippen LogP contribution in [0.25, 0.3) is 5.57 Å². The Labute approximate surface area is 137 Å². The Morgan fingerprint density at radius 3 is 2.83 bits per heavy atom. The topological polar surface area (TPSA) is 41.9 Å². The minimum atomic E-state index is 0.145. The average Bonchev–Trinajstić information content (AvgIpc) is 2.86. The molecule has 0 aromatic heterocycles. The summed E-state index contributed by atoms with van der Waals surface area (Å²) in [6.07, 6.45) is 1.68. The second-order valence-corrected chi connectivity index (χ2v) is 6.74. The van der Waals surface area contributed by atoms with Crippen molar-refractivity contribution < 1.29 is 9.53 Å². The standard InChI is InChI=1S/C19H26N2O2/c1-12-14(3)21(10-8-19(12)22)9-7-16-13(2)20-18-6-5-15(23-4)11-17(16)18/h5-6,11-14H,7-10H2,1-4H3/t12-,13+,14+/m1/s1. The molecule has 1 aromatic carbocycles. The first-order chi connectivity index (χ1) is 11.0. The smallest absolute Gasteiger partial charge is 0.138 e. The number of benzene rings is 1. The van der Waals surface area contributed by atoms with Gasteiger partial charge in [0.15, 0.2) is 0 Å². The fraction of sp³-hybridized carbons (Fsp3) is 0.579. The Morgan fingerprint density at radius 2 is 2.09 bits per heavy atom. The molecule has 4 heteroatoms. The van der Waals surface area contributed by atoms with Crippen molar-refractivity contribution in [2.45, 2.75) is 45.7 Å². The number of carbonyl (C=O) groups is 1. The van der Waals surface area contributed by atoms with Crippen molar-refractivity contribution in [2.24, 2.45) is 10.9 Å². The van der Waals surface area contributed by atoms with Crippen LogP contribution in [-0.2, 0) is 4.79 Å². The van der Waals surface area contributed by atoms with Gasteiger partial charge in [0.05, 0.1) is 18.5 Å². The van der Waals surface area contributed by atoms with E-state index in [4.69, 9.17) is 9.73 Å². The van der Waals surface area contributed by atoms with Gasteiger partial charge in [-0.15, -0.1) is 0 Å². The van der Waals surface area contributed by atoms with Gasteiger partial charge in [-0.1, -0.05) is 6.92 Å². The summed E-state index contributed by atoms with van der Waals surface area (Å²) in [5, 5.41) is 2.30. The Hall–Kier alpha value is -1.68. The van der Waals surface area contributed by atoms with Crippen LogP contribution < -0.4 is 15.3 Å². The zero-order chi connectivity index (χ0) is 16.6. The molecule has 0 unspecified atom stereocenters. The number of nitrogens with zero attached hydrogens (tertiary/aromatic N) is 2. The van der Waals surface area contributed by atoms with Gasteiger partial charge >= 0.3 is 0 Å². The van der Waals surface area contributed by atoms with E-state index in [1.54, 1.807) is 7.11 Å². The first kappa shape index (κ1) is 16.2. The molecule has 0 saturated carbocycles. The van der Waals surface area contributed by atoms with Crippen LogP contribution >= 0.6 is 0 Å². The first-order valence-electron chi connectivity index (χ1n) is 8.53. The number of methoxy groups -OCH3 is 1. The van der Waals surface area contributed by atoms with Crippen LogP contribution in [0.2, 0.25) is 0 Å². The predicted molar refractivity (Wildman–Crippen MR) is 91.1 cm³/mol. The molecule has 4 nitrogen and oxygen atoms in total. The lowest BCUT2D eigenvalue weighted by Crippen LogP contribution is -2.47. The van der Waals surface area contributed by atoms with Crippen molar-refractivity contribution in [3.63, 3.8) is 0 Å². The maximum atomic E-state index is 11.8. The van der Waals surface area contributed by atoms with E-state index in [1.165, 1.54) is 10.8 Å². The van der Waals surface area contributed by atoms with Gasteiger partial charge < -0.3 is 4.74 Å². The summed E-state index contributed by atoms with van der Waals surface area (Å²) in [5.41, 5.74) is 1.38. The van der Waals surface area contributed by atoms with Gasteiger partial charge in [-0.05, 0) is 44.0 Å². The normalized spacial score (nSPS) is 27.7. The second-order valence-electron chi connectivity index (χ2n) is 6.74. The number of rotatable bonds is 4. The Balaban J connectivity index is 1.79. The van der Waals surface area contributed by atoms with Crippen molar-refractivity contribution in [3.8, 4) is 5.75 Å². The molecular weight excluding hydrogens is 288 g/mol. The van der Waals surface area contributed by atoms with Gasteiger partial charge in [-0.2, -0.15) is 0 Å². The summed E-state index contributed by atoms with van der Waals surface area (Å²) in [7, 11) is 1.70. The number of likely N-dealkylation sites (tertiary alicyclic amines) is 1. The molecule has 2 heterocycles. The number of piperidine rings is 1. The molecule has 1 saturated heterocycles. The van der Waals surface area contributed by atoms with Crippen LogP contribution in [-0.4, -0.2) is 43.0 Å². The van der Waals surface area contributed by atoms with E-state index in [-0.39, 0.29) is 12.0 Å². The number of hydrogen-bond acceptors (Lipinski definition) is 4. The quantitative estimate of drug-likeness (QED) is 0.847. The highest BCUT2D eigenvalue weighted by atomic mass is 16.5. The van der Waals surface area contributed by atoms with E-state index >= 15 is 0 Å². The lowest BCUT2D eigenvalue weighted by Gasteiger charge is -2.37. The first-order valence-corrected chi connectivity index (χ1v) is 8.53. The van der Waals surface area contributed by atoms with Crippen LogP contribution in [0.4, 0.5) is 0 Å². The monoisotopic (exact) mass is 314 g/mol. The summed E-state index contributed by atoms with van der Waals surface area (Å²) in [6.45, 7) is 8.26. The minimum absolute atomic E-state index is 0.145. The molecule has 3 rings (SSSR count). The molecule has 2 aliphatic rings. The minimum Gasteiger partial charge on any atom is -0.497 e. The molecule has 23 heavy (non-hydrogen) atoms. The van der Waals surface area contributed by atoms with Crippen LogP contribution in [0.1, 0.15) is 33.6 Å². The summed E-state index contributed by atoms with van der Waals surface area (Å²) in [4.78, 5) is 19.0. The second kappa shape index (κ2) is 6.44. The third-order valence-corrected chi connectivity index (χ3v) is 5.51. The van der Waals surface area contributed by atoms with Crippen molar-refractivity contribution in [1.29, 1.82) is 0 Å². The third-order valence-electron chi connectivity index (χ3n) is 5.51. The van der Waals surface area contributed by atoms with Crippen molar-refractivity contribution in [1.82, 2.24) is 4.90 Å². The molecule has 0 spiro atoms. The number of ether oxygens (including phenoxy) is 1. The SMILES string of the molecule is COc1ccc2c(c1)=C(CCN1CCC(=O)[C@H](C)[C@@H]1C)[C@H](C)N=2. The van der Waals surface area contributed by atoms with E-state index in [0.717, 1.165) is 30.6 Å². The largest absolute Gasteiger partial charge is 0.497 e. The highest BCUT2D eigenvalue weighted by Crippen LogP contribution is 2.22. The number of Topliss-reactive ketones (excluding diaryl/α,β-unsaturated/α-hetero) is 1. The Bertz CT molecular complexity index is 725. The predicted octanol–water partition coefficient (Wildman–Crippen LogP) is 1.56. The van der Waals surface area contributed by atoms with Crippen molar-refractivity contribution >= 4 is 11.4 Å². The van der Waals surface area contributed by atoms with E-state index < -0.39 is 0 Å². The van der Waals surface area contributed by atoms with Gasteiger partial charge in [-0.25, -0.2) is 0 Å². The number of hydrogen-bond donors (Lipinski definition) is 0. The molecule has 0 N–H and O–H groups in total. The zero-order valence-electron chi connectivity index (χ0n) is 14.5. The van der Waals surface area contributed by atoms with Gasteiger partial charge in [0.2, 0.25) is 0 Å².